The van der Waals surface area contributed by atoms with Gasteiger partial charge in [0.2, 0.25) is 5.91 Å². The van der Waals surface area contributed by atoms with Crippen LogP contribution < -0.4 is 14.8 Å². The van der Waals surface area contributed by atoms with Crippen molar-refractivity contribution in [1.29, 1.82) is 0 Å². The second-order valence-electron chi connectivity index (χ2n) is 8.37. The highest BCUT2D eigenvalue weighted by molar-refractivity contribution is 5.91. The lowest BCUT2D eigenvalue weighted by Crippen LogP contribution is -2.17. The monoisotopic (exact) mass is 460 g/mol. The Morgan fingerprint density at radius 1 is 1.03 bits per heavy atom. The van der Waals surface area contributed by atoms with Gasteiger partial charge in [0.25, 0.3) is 0 Å². The third-order valence-electron chi connectivity index (χ3n) is 6.06. The number of aromatic nitrogens is 3. The van der Waals surface area contributed by atoms with Crippen LogP contribution in [0.2, 0.25) is 0 Å². The Kier molecular flexibility index (Phi) is 5.65. The summed E-state index contributed by atoms with van der Waals surface area (Å²) in [7, 11) is 0. The molecule has 1 aliphatic rings. The highest BCUT2D eigenvalue weighted by Crippen LogP contribution is 2.33. The largest absolute Gasteiger partial charge is 0.486 e. The van der Waals surface area contributed by atoms with E-state index in [0.717, 1.165) is 39.4 Å². The van der Waals surface area contributed by atoms with Crippen molar-refractivity contribution in [3.8, 4) is 22.6 Å². The van der Waals surface area contributed by atoms with E-state index in [1.807, 2.05) is 25.3 Å². The summed E-state index contributed by atoms with van der Waals surface area (Å²) >= 11 is 0. The molecule has 0 saturated heterocycles. The van der Waals surface area contributed by atoms with Gasteiger partial charge in [-0.15, -0.1) is 0 Å². The molecule has 4 aromatic rings. The van der Waals surface area contributed by atoms with Gasteiger partial charge < -0.3 is 14.8 Å². The maximum atomic E-state index is 13.4. The van der Waals surface area contributed by atoms with Gasteiger partial charge in [-0.3, -0.25) is 4.79 Å². The molecule has 0 fully saturated rings. The van der Waals surface area contributed by atoms with Gasteiger partial charge in [-0.05, 0) is 62.6 Å². The zero-order valence-electron chi connectivity index (χ0n) is 19.3. The molecule has 1 N–H and O–H groups in total. The van der Waals surface area contributed by atoms with Crippen LogP contribution in [0.3, 0.4) is 0 Å². The van der Waals surface area contributed by atoms with Crippen LogP contribution in [0, 0.1) is 26.6 Å². The molecular formula is C26H25FN4O3. The van der Waals surface area contributed by atoms with Crippen LogP contribution in [0.25, 0.3) is 16.8 Å². The second kappa shape index (κ2) is 8.78. The number of carbonyl (C=O) groups excluding carboxylic acids is 1. The summed E-state index contributed by atoms with van der Waals surface area (Å²) < 4.78 is 26.3. The molecule has 5 rings (SSSR count). The van der Waals surface area contributed by atoms with Gasteiger partial charge in [0.05, 0.1) is 5.69 Å². The van der Waals surface area contributed by atoms with Crippen molar-refractivity contribution in [1.82, 2.24) is 14.6 Å². The second-order valence-corrected chi connectivity index (χ2v) is 8.37. The maximum Gasteiger partial charge on any atom is 0.224 e. The Morgan fingerprint density at radius 3 is 2.53 bits per heavy atom. The Morgan fingerprint density at radius 2 is 1.76 bits per heavy atom. The van der Waals surface area contributed by atoms with Crippen molar-refractivity contribution in [2.24, 2.45) is 0 Å². The molecule has 0 spiro atoms. The number of ether oxygens (including phenoxy) is 2. The number of fused-ring (bicyclic) bond motifs is 2. The molecule has 3 heterocycles. The van der Waals surface area contributed by atoms with E-state index in [1.165, 1.54) is 12.1 Å². The van der Waals surface area contributed by atoms with Crippen LogP contribution >= 0.6 is 0 Å². The number of hydrogen-bond donors (Lipinski definition) is 1. The Hall–Kier alpha value is -3.94. The van der Waals surface area contributed by atoms with Gasteiger partial charge in [0, 0.05) is 35.1 Å². The summed E-state index contributed by atoms with van der Waals surface area (Å²) in [5.74, 6) is 0.940. The molecule has 1 aliphatic heterocycles. The van der Waals surface area contributed by atoms with Crippen LogP contribution in [0.5, 0.6) is 11.5 Å². The third kappa shape index (κ3) is 4.07. The van der Waals surface area contributed by atoms with Crippen LogP contribution in [-0.2, 0) is 11.2 Å². The fourth-order valence-corrected chi connectivity index (χ4v) is 4.37. The number of nitrogens with one attached hydrogen (secondary N) is 1. The minimum atomic E-state index is -0.282. The van der Waals surface area contributed by atoms with E-state index >= 15 is 0 Å². The molecule has 7 nitrogen and oxygen atoms in total. The smallest absolute Gasteiger partial charge is 0.224 e. The predicted octanol–water partition coefficient (Wildman–Crippen LogP) is 4.80. The fraction of sp³-hybridized carbons (Fsp3) is 0.269. The van der Waals surface area contributed by atoms with Crippen molar-refractivity contribution in [2.45, 2.75) is 33.6 Å². The molecule has 8 heteroatoms. The van der Waals surface area contributed by atoms with E-state index in [0.29, 0.717) is 43.2 Å². The number of nitrogens with zero attached hydrogens (tertiary/aromatic N) is 3. The number of hydrogen-bond acceptors (Lipinski definition) is 5. The fourth-order valence-electron chi connectivity index (χ4n) is 4.37. The number of amides is 1. The van der Waals surface area contributed by atoms with E-state index in [4.69, 9.17) is 14.5 Å². The highest BCUT2D eigenvalue weighted by atomic mass is 19.1. The van der Waals surface area contributed by atoms with Crippen LogP contribution in [0.4, 0.5) is 10.1 Å². The minimum Gasteiger partial charge on any atom is -0.486 e. The first kappa shape index (κ1) is 21.9. The quantitative estimate of drug-likeness (QED) is 0.463. The van der Waals surface area contributed by atoms with E-state index in [-0.39, 0.29) is 11.7 Å². The van der Waals surface area contributed by atoms with Crippen LogP contribution in [0.1, 0.15) is 29.1 Å². The number of benzene rings is 2. The number of rotatable bonds is 5. The first-order valence-electron chi connectivity index (χ1n) is 11.2. The average Bonchev–Trinajstić information content (AvgIpc) is 3.15. The van der Waals surface area contributed by atoms with Crippen molar-refractivity contribution < 1.29 is 18.7 Å². The maximum absolute atomic E-state index is 13.4. The summed E-state index contributed by atoms with van der Waals surface area (Å²) in [4.78, 5) is 17.5. The van der Waals surface area contributed by atoms with E-state index in [1.54, 1.807) is 30.3 Å². The van der Waals surface area contributed by atoms with Crippen molar-refractivity contribution in [2.75, 3.05) is 18.5 Å². The molecule has 2 aromatic heterocycles. The summed E-state index contributed by atoms with van der Waals surface area (Å²) in [6.07, 6.45) is 0.830. The van der Waals surface area contributed by atoms with Gasteiger partial charge in [-0.2, -0.15) is 5.10 Å². The number of carbonyl (C=O) groups is 1. The molecule has 1 amide bonds. The molecule has 2 aromatic carbocycles. The molecular weight excluding hydrogens is 435 g/mol. The number of anilines is 1. The summed E-state index contributed by atoms with van der Waals surface area (Å²) in [6.45, 7) is 6.86. The first-order chi connectivity index (χ1) is 16.4. The summed E-state index contributed by atoms with van der Waals surface area (Å²) in [5.41, 5.74) is 6.73. The van der Waals surface area contributed by atoms with Gasteiger partial charge in [0.15, 0.2) is 17.1 Å². The Balaban J connectivity index is 1.36. The summed E-state index contributed by atoms with van der Waals surface area (Å²) in [5, 5.41) is 7.61. The molecule has 0 unspecified atom stereocenters. The average molecular weight is 461 g/mol. The number of aryl methyl sites for hydroxylation is 3. The third-order valence-corrected chi connectivity index (χ3v) is 6.06. The van der Waals surface area contributed by atoms with Crippen LogP contribution in [0.15, 0.2) is 42.5 Å². The molecule has 0 aliphatic carbocycles. The zero-order valence-corrected chi connectivity index (χ0v) is 19.3. The first-order valence-corrected chi connectivity index (χ1v) is 11.2. The Bertz CT molecular complexity index is 1400. The number of halogens is 1. The van der Waals surface area contributed by atoms with Crippen molar-refractivity contribution >= 4 is 17.2 Å². The minimum absolute atomic E-state index is 0.0979. The molecule has 0 atom stereocenters. The zero-order chi connectivity index (χ0) is 23.8. The lowest BCUT2D eigenvalue weighted by Gasteiger charge is -2.19. The van der Waals surface area contributed by atoms with Crippen LogP contribution in [-0.4, -0.2) is 33.7 Å². The van der Waals surface area contributed by atoms with Gasteiger partial charge in [-0.1, -0.05) is 12.1 Å². The van der Waals surface area contributed by atoms with Crippen molar-refractivity contribution in [3.05, 3.63) is 70.9 Å². The van der Waals surface area contributed by atoms with Crippen molar-refractivity contribution in [3.63, 3.8) is 0 Å². The SMILES string of the molecule is Cc1nc2c(-c3ccc(F)cc3)c(C)nn2c(C)c1CCC(=O)Nc1ccc2c(c1)OCCO2. The molecule has 174 valence electrons. The van der Waals surface area contributed by atoms with E-state index in [2.05, 4.69) is 10.4 Å². The van der Waals surface area contributed by atoms with Gasteiger partial charge in [-0.25, -0.2) is 13.9 Å². The molecule has 0 bridgehead atoms. The summed E-state index contributed by atoms with van der Waals surface area (Å²) in [6, 6.07) is 11.7. The normalized spacial score (nSPS) is 12.7. The van der Waals surface area contributed by atoms with E-state index in [9.17, 15) is 9.18 Å². The Labute approximate surface area is 196 Å². The van der Waals surface area contributed by atoms with Gasteiger partial charge >= 0.3 is 0 Å². The highest BCUT2D eigenvalue weighted by Gasteiger charge is 2.19. The predicted molar refractivity (Wildman–Crippen MR) is 127 cm³/mol. The topological polar surface area (TPSA) is 77.8 Å². The van der Waals surface area contributed by atoms with E-state index < -0.39 is 0 Å². The standard InChI is InChI=1S/C26H25FN4O3/c1-15-21(9-11-24(32)29-20-8-10-22-23(14-20)34-13-12-33-22)17(3)31-26(28-15)25(16(2)30-31)18-4-6-19(27)7-5-18/h4-8,10,14H,9,11-13H2,1-3H3,(H,29,32). The molecule has 0 radical (unpaired) electrons. The van der Waals surface area contributed by atoms with Gasteiger partial charge in [0.1, 0.15) is 19.0 Å². The molecule has 34 heavy (non-hydrogen) atoms. The lowest BCUT2D eigenvalue weighted by molar-refractivity contribution is -0.116. The molecule has 0 saturated carbocycles. The lowest BCUT2D eigenvalue weighted by atomic mass is 10.0.